The van der Waals surface area contributed by atoms with Crippen molar-refractivity contribution < 1.29 is 28.5 Å². The number of hydrogen-bond donors (Lipinski definition) is 1. The van der Waals surface area contributed by atoms with E-state index in [1.165, 1.54) is 7.11 Å². The maximum atomic E-state index is 13.1. The van der Waals surface area contributed by atoms with Crippen LogP contribution in [-0.2, 0) is 4.74 Å². The second kappa shape index (κ2) is 11.7. The molecule has 3 atom stereocenters. The van der Waals surface area contributed by atoms with Crippen LogP contribution < -0.4 is 19.5 Å². The van der Waals surface area contributed by atoms with Gasteiger partial charge in [0.25, 0.3) is 0 Å². The monoisotopic (exact) mass is 520 g/mol. The second-order valence-corrected chi connectivity index (χ2v) is 9.84. The molecule has 5 rings (SSSR count). The first-order chi connectivity index (χ1) is 18.5. The molecule has 10 heteroatoms. The van der Waals surface area contributed by atoms with Crippen LogP contribution in [0.2, 0.25) is 0 Å². The predicted molar refractivity (Wildman–Crippen MR) is 138 cm³/mol. The van der Waals surface area contributed by atoms with Crippen LogP contribution in [0.25, 0.3) is 0 Å². The summed E-state index contributed by atoms with van der Waals surface area (Å²) in [6, 6.07) is 14.7. The highest BCUT2D eigenvalue weighted by molar-refractivity contribution is 5.98. The minimum Gasteiger partial charge on any atom is -0.491 e. The van der Waals surface area contributed by atoms with Crippen LogP contribution in [0.3, 0.4) is 0 Å². The lowest BCUT2D eigenvalue weighted by molar-refractivity contribution is 0.0497. The van der Waals surface area contributed by atoms with Crippen LogP contribution in [-0.4, -0.2) is 92.9 Å². The van der Waals surface area contributed by atoms with E-state index in [0.717, 1.165) is 25.9 Å². The number of rotatable bonds is 9. The molecule has 0 radical (unpaired) electrons. The van der Waals surface area contributed by atoms with E-state index < -0.39 is 6.09 Å². The molecular formula is C28H32N4O6. The summed E-state index contributed by atoms with van der Waals surface area (Å²) >= 11 is 0. The number of alkyl carbamates (subject to hydrolysis) is 1. The van der Waals surface area contributed by atoms with Gasteiger partial charge in [-0.15, -0.1) is 0 Å². The van der Waals surface area contributed by atoms with E-state index in [4.69, 9.17) is 24.2 Å². The molecule has 2 aromatic rings. The van der Waals surface area contributed by atoms with Gasteiger partial charge in [0, 0.05) is 37.3 Å². The van der Waals surface area contributed by atoms with Gasteiger partial charge < -0.3 is 24.3 Å². The highest BCUT2D eigenvalue weighted by Crippen LogP contribution is 2.32. The zero-order valence-corrected chi connectivity index (χ0v) is 21.4. The standard InChI is InChI=1S/C28H32N4O6/c1-35-28(34)30-21(18-38-24-7-2-19(13-29)3-8-24)14-32-22-5-6-23(32)16-31(15-22)17-25(33)20-4-9-26-27(12-20)37-11-10-36-26/h2-4,7-9,12,21-23H,5-6,10-11,14-18H2,1H3,(H,30,34)/t21-,22?,23?/m0/s1. The molecule has 2 saturated heterocycles. The molecular weight excluding hydrogens is 488 g/mol. The Hall–Kier alpha value is -3.81. The van der Waals surface area contributed by atoms with Gasteiger partial charge in [0.05, 0.1) is 31.3 Å². The van der Waals surface area contributed by atoms with Crippen LogP contribution in [0.15, 0.2) is 42.5 Å². The minimum atomic E-state index is -0.505. The molecule has 2 fully saturated rings. The largest absolute Gasteiger partial charge is 0.491 e. The molecule has 0 aliphatic carbocycles. The Kier molecular flexibility index (Phi) is 7.96. The fourth-order valence-electron chi connectivity index (χ4n) is 5.46. The number of nitriles is 1. The Morgan fingerprint density at radius 3 is 2.47 bits per heavy atom. The summed E-state index contributed by atoms with van der Waals surface area (Å²) in [6.45, 7) is 3.81. The summed E-state index contributed by atoms with van der Waals surface area (Å²) in [5.41, 5.74) is 1.19. The summed E-state index contributed by atoms with van der Waals surface area (Å²) in [4.78, 5) is 29.7. The first kappa shape index (κ1) is 25.8. The number of nitrogens with one attached hydrogen (secondary N) is 1. The number of benzene rings is 2. The first-order valence-electron chi connectivity index (χ1n) is 12.9. The number of Topliss-reactive ketones (excluding diaryl/α,β-unsaturated/α-hetero) is 1. The van der Waals surface area contributed by atoms with Gasteiger partial charge in [-0.2, -0.15) is 5.26 Å². The van der Waals surface area contributed by atoms with E-state index in [1.54, 1.807) is 42.5 Å². The lowest BCUT2D eigenvalue weighted by Crippen LogP contribution is -2.58. The number of hydrogen-bond acceptors (Lipinski definition) is 9. The first-order valence-corrected chi connectivity index (χ1v) is 12.9. The molecule has 0 spiro atoms. The average Bonchev–Trinajstić information content (AvgIpc) is 3.17. The fourth-order valence-corrected chi connectivity index (χ4v) is 5.46. The SMILES string of the molecule is COC(=O)N[C@H](COc1ccc(C#N)cc1)CN1C2CCC1CN(CC(=O)c1ccc3c(c1)OCCO3)C2. The maximum absolute atomic E-state index is 13.1. The summed E-state index contributed by atoms with van der Waals surface area (Å²) < 4.78 is 22.0. The van der Waals surface area contributed by atoms with Gasteiger partial charge in [0.2, 0.25) is 0 Å². The smallest absolute Gasteiger partial charge is 0.407 e. The number of amides is 1. The Morgan fingerprint density at radius 2 is 1.79 bits per heavy atom. The van der Waals surface area contributed by atoms with Crippen LogP contribution in [0.4, 0.5) is 4.79 Å². The van der Waals surface area contributed by atoms with Crippen molar-refractivity contribution in [2.45, 2.75) is 31.0 Å². The molecule has 2 unspecified atom stereocenters. The lowest BCUT2D eigenvalue weighted by Gasteiger charge is -2.42. The molecule has 38 heavy (non-hydrogen) atoms. The summed E-state index contributed by atoms with van der Waals surface area (Å²) in [6.07, 6.45) is 1.58. The molecule has 2 aromatic carbocycles. The Balaban J connectivity index is 1.18. The van der Waals surface area contributed by atoms with Crippen molar-refractivity contribution in [1.29, 1.82) is 5.26 Å². The maximum Gasteiger partial charge on any atom is 0.407 e. The van der Waals surface area contributed by atoms with Crippen LogP contribution in [0, 0.1) is 11.3 Å². The van der Waals surface area contributed by atoms with E-state index >= 15 is 0 Å². The van der Waals surface area contributed by atoms with E-state index in [0.29, 0.717) is 66.8 Å². The minimum absolute atomic E-state index is 0.0656. The van der Waals surface area contributed by atoms with Gasteiger partial charge in [-0.3, -0.25) is 14.6 Å². The molecule has 10 nitrogen and oxygen atoms in total. The molecule has 1 N–H and O–H groups in total. The van der Waals surface area contributed by atoms with Gasteiger partial charge in [-0.05, 0) is 55.3 Å². The van der Waals surface area contributed by atoms with Gasteiger partial charge in [0.15, 0.2) is 17.3 Å². The zero-order chi connectivity index (χ0) is 26.5. The number of ether oxygens (including phenoxy) is 4. The topological polar surface area (TPSA) is 113 Å². The quantitative estimate of drug-likeness (QED) is 0.498. The number of nitrogens with zero attached hydrogens (tertiary/aromatic N) is 3. The van der Waals surface area contributed by atoms with Gasteiger partial charge in [-0.25, -0.2) is 4.79 Å². The molecule has 1 amide bonds. The highest BCUT2D eigenvalue weighted by Gasteiger charge is 2.41. The van der Waals surface area contributed by atoms with Crippen molar-refractivity contribution in [3.05, 3.63) is 53.6 Å². The molecule has 200 valence electrons. The molecule has 3 aliphatic rings. The molecule has 3 heterocycles. The summed E-state index contributed by atoms with van der Waals surface area (Å²) in [5, 5.41) is 11.9. The van der Waals surface area contributed by atoms with Crippen molar-refractivity contribution in [2.75, 3.05) is 53.1 Å². The van der Waals surface area contributed by atoms with E-state index in [1.807, 2.05) is 0 Å². The third-order valence-electron chi connectivity index (χ3n) is 7.31. The van der Waals surface area contributed by atoms with Crippen LogP contribution >= 0.6 is 0 Å². The average molecular weight is 521 g/mol. The number of ketones is 1. The van der Waals surface area contributed by atoms with Gasteiger partial charge >= 0.3 is 6.09 Å². The second-order valence-electron chi connectivity index (χ2n) is 9.84. The van der Waals surface area contributed by atoms with Crippen molar-refractivity contribution in [2.24, 2.45) is 0 Å². The number of piperazine rings is 1. The Morgan fingerprint density at radius 1 is 1.08 bits per heavy atom. The normalized spacial score (nSPS) is 21.3. The predicted octanol–water partition coefficient (Wildman–Crippen LogP) is 2.46. The van der Waals surface area contributed by atoms with Gasteiger partial charge in [0.1, 0.15) is 25.6 Å². The lowest BCUT2D eigenvalue weighted by atomic mass is 10.1. The number of likely N-dealkylation sites (tertiary alicyclic amines) is 1. The zero-order valence-electron chi connectivity index (χ0n) is 21.4. The molecule has 2 bridgehead atoms. The number of fused-ring (bicyclic) bond motifs is 3. The molecule has 0 aromatic heterocycles. The van der Waals surface area contributed by atoms with E-state index in [2.05, 4.69) is 21.2 Å². The molecule has 3 aliphatic heterocycles. The van der Waals surface area contributed by atoms with Crippen molar-refractivity contribution in [1.82, 2.24) is 15.1 Å². The van der Waals surface area contributed by atoms with Crippen LogP contribution in [0.1, 0.15) is 28.8 Å². The summed E-state index contributed by atoms with van der Waals surface area (Å²) in [5.74, 6) is 2.00. The summed E-state index contributed by atoms with van der Waals surface area (Å²) in [7, 11) is 1.34. The van der Waals surface area contributed by atoms with E-state index in [9.17, 15) is 9.59 Å². The van der Waals surface area contributed by atoms with Crippen molar-refractivity contribution in [3.63, 3.8) is 0 Å². The van der Waals surface area contributed by atoms with Crippen molar-refractivity contribution in [3.8, 4) is 23.3 Å². The van der Waals surface area contributed by atoms with Crippen molar-refractivity contribution >= 4 is 11.9 Å². The Labute approximate surface area is 222 Å². The highest BCUT2D eigenvalue weighted by atomic mass is 16.6. The number of carbonyl (C=O) groups is 2. The number of carbonyl (C=O) groups excluding carboxylic acids is 2. The molecule has 0 saturated carbocycles. The van der Waals surface area contributed by atoms with Gasteiger partial charge in [-0.1, -0.05) is 0 Å². The van der Waals surface area contributed by atoms with E-state index in [-0.39, 0.29) is 18.4 Å². The fraction of sp³-hybridized carbons (Fsp3) is 0.464. The third-order valence-corrected chi connectivity index (χ3v) is 7.31. The number of methoxy groups -OCH3 is 1. The van der Waals surface area contributed by atoms with Crippen LogP contribution in [0.5, 0.6) is 17.2 Å². The Bertz CT molecular complexity index is 1180. The third kappa shape index (κ3) is 6.01.